The van der Waals surface area contributed by atoms with Crippen molar-refractivity contribution < 1.29 is 9.59 Å². The van der Waals surface area contributed by atoms with Gasteiger partial charge in [0.05, 0.1) is 27.7 Å². The molecule has 0 aliphatic rings. The number of aliphatic hydroxyl groups excluding tert-OH is 1. The molecule has 13 heavy (non-hydrogen) atoms. The van der Waals surface area contributed by atoms with Gasteiger partial charge >= 0.3 is 0 Å². The van der Waals surface area contributed by atoms with Crippen LogP contribution < -0.4 is 0 Å². The molecule has 0 spiro atoms. The summed E-state index contributed by atoms with van der Waals surface area (Å²) in [6, 6.07) is 0. The molecule has 0 amide bonds. The topological polar surface area (TPSA) is 20.2 Å². The van der Waals surface area contributed by atoms with Gasteiger partial charge in [-0.15, -0.1) is 0 Å². The van der Waals surface area contributed by atoms with Gasteiger partial charge in [0.15, 0.2) is 0 Å². The van der Waals surface area contributed by atoms with E-state index >= 15 is 0 Å². The van der Waals surface area contributed by atoms with E-state index in [2.05, 4.69) is 35.0 Å². The van der Waals surface area contributed by atoms with Crippen LogP contribution in [0.1, 0.15) is 39.5 Å². The quantitative estimate of drug-likeness (QED) is 0.521. The van der Waals surface area contributed by atoms with Gasteiger partial charge in [0.2, 0.25) is 0 Å². The van der Waals surface area contributed by atoms with Crippen molar-refractivity contribution >= 4 is 0 Å². The summed E-state index contributed by atoms with van der Waals surface area (Å²) in [4.78, 5) is 0. The van der Waals surface area contributed by atoms with Crippen molar-refractivity contribution in [2.24, 2.45) is 0 Å². The standard InChI is InChI=1S/C6H16N.C5H12O/c1-5-6-7(2,3)4;1-2-3-4-5-6/h5-6H2,1-4H3;6H,2-5H2,1H3/q+1;. The maximum Gasteiger partial charge on any atom is 0.0777 e. The Bertz CT molecular complexity index is 82.6. The van der Waals surface area contributed by atoms with Crippen LogP contribution in [0.4, 0.5) is 0 Å². The van der Waals surface area contributed by atoms with E-state index in [1.165, 1.54) is 19.4 Å². The number of rotatable bonds is 5. The molecule has 0 atom stereocenters. The molecule has 0 rings (SSSR count). The number of hydrogen-bond acceptors (Lipinski definition) is 1. The molecule has 0 unspecified atom stereocenters. The Balaban J connectivity index is 0. The molecule has 82 valence electrons. The monoisotopic (exact) mass is 190 g/mol. The molecule has 2 nitrogen and oxygen atoms in total. The summed E-state index contributed by atoms with van der Waals surface area (Å²) in [5.74, 6) is 0. The first-order valence-corrected chi connectivity index (χ1v) is 5.39. The molecular weight excluding hydrogens is 162 g/mol. The van der Waals surface area contributed by atoms with Gasteiger partial charge in [-0.25, -0.2) is 0 Å². The molecule has 0 aromatic rings. The van der Waals surface area contributed by atoms with Crippen LogP contribution in [0, 0.1) is 0 Å². The maximum absolute atomic E-state index is 8.20. The molecule has 0 aromatic carbocycles. The van der Waals surface area contributed by atoms with Gasteiger partial charge in [-0.2, -0.15) is 0 Å². The van der Waals surface area contributed by atoms with E-state index in [0.29, 0.717) is 6.61 Å². The molecule has 0 heterocycles. The lowest BCUT2D eigenvalue weighted by molar-refractivity contribution is -0.870. The summed E-state index contributed by atoms with van der Waals surface area (Å²) in [5.41, 5.74) is 0. The smallest absolute Gasteiger partial charge is 0.0777 e. The van der Waals surface area contributed by atoms with Crippen molar-refractivity contribution in [3.63, 3.8) is 0 Å². The molecule has 0 fully saturated rings. The van der Waals surface area contributed by atoms with Crippen molar-refractivity contribution in [2.75, 3.05) is 34.3 Å². The van der Waals surface area contributed by atoms with Gasteiger partial charge in [0, 0.05) is 6.61 Å². The Labute approximate surface area is 84.2 Å². The van der Waals surface area contributed by atoms with Gasteiger partial charge in [-0.05, 0) is 12.8 Å². The van der Waals surface area contributed by atoms with E-state index in [9.17, 15) is 0 Å². The van der Waals surface area contributed by atoms with E-state index in [1.807, 2.05) is 0 Å². The summed E-state index contributed by atoms with van der Waals surface area (Å²) in [6.45, 7) is 5.97. The van der Waals surface area contributed by atoms with Gasteiger partial charge in [0.25, 0.3) is 0 Å². The molecule has 0 saturated heterocycles. The molecule has 0 radical (unpaired) electrons. The van der Waals surface area contributed by atoms with Crippen molar-refractivity contribution in [3.8, 4) is 0 Å². The largest absolute Gasteiger partial charge is 0.396 e. The lowest BCUT2D eigenvalue weighted by atomic mass is 10.3. The van der Waals surface area contributed by atoms with E-state index in [-0.39, 0.29) is 0 Å². The Kier molecular flexibility index (Phi) is 11.8. The normalized spacial score (nSPS) is 10.6. The highest BCUT2D eigenvalue weighted by Gasteiger charge is 2.01. The first kappa shape index (κ1) is 15.4. The molecule has 0 saturated carbocycles. The summed E-state index contributed by atoms with van der Waals surface area (Å²) >= 11 is 0. The molecule has 0 aliphatic heterocycles. The fraction of sp³-hybridized carbons (Fsp3) is 1.00. The third-order valence-electron chi connectivity index (χ3n) is 1.66. The van der Waals surface area contributed by atoms with E-state index < -0.39 is 0 Å². The molecule has 1 N–H and O–H groups in total. The Hall–Kier alpha value is -0.0800. The van der Waals surface area contributed by atoms with Crippen LogP contribution in [0.15, 0.2) is 0 Å². The number of unbranched alkanes of at least 4 members (excludes halogenated alkanes) is 2. The highest BCUT2D eigenvalue weighted by molar-refractivity contribution is 4.30. The second-order valence-corrected chi connectivity index (χ2v) is 4.44. The molecular formula is C11H28NO+. The molecule has 2 heteroatoms. The second-order valence-electron chi connectivity index (χ2n) is 4.44. The predicted octanol–water partition coefficient (Wildman–Crippen LogP) is 2.27. The average Bonchev–Trinajstić information content (AvgIpc) is 1.99. The predicted molar refractivity (Wildman–Crippen MR) is 59.8 cm³/mol. The van der Waals surface area contributed by atoms with Crippen LogP contribution in [0.2, 0.25) is 0 Å². The van der Waals surface area contributed by atoms with E-state index in [1.54, 1.807) is 0 Å². The van der Waals surface area contributed by atoms with Gasteiger partial charge in [-0.3, -0.25) is 0 Å². The van der Waals surface area contributed by atoms with E-state index in [0.717, 1.165) is 17.3 Å². The number of nitrogens with zero attached hydrogens (tertiary/aromatic N) is 1. The highest BCUT2D eigenvalue weighted by Crippen LogP contribution is 1.90. The third-order valence-corrected chi connectivity index (χ3v) is 1.66. The zero-order valence-electron chi connectivity index (χ0n) is 10.1. The van der Waals surface area contributed by atoms with Crippen molar-refractivity contribution in [3.05, 3.63) is 0 Å². The number of aliphatic hydroxyl groups is 1. The Morgan fingerprint density at radius 1 is 0.923 bits per heavy atom. The summed E-state index contributed by atoms with van der Waals surface area (Å²) in [6.07, 6.45) is 4.61. The average molecular weight is 190 g/mol. The second kappa shape index (κ2) is 10.0. The lowest BCUT2D eigenvalue weighted by Crippen LogP contribution is -2.34. The first-order valence-electron chi connectivity index (χ1n) is 5.39. The van der Waals surface area contributed by atoms with E-state index in [4.69, 9.17) is 5.11 Å². The Morgan fingerprint density at radius 3 is 1.54 bits per heavy atom. The SMILES string of the molecule is CCCCCO.CCC[N+](C)(C)C. The van der Waals surface area contributed by atoms with Crippen LogP contribution in [0.3, 0.4) is 0 Å². The highest BCUT2D eigenvalue weighted by atomic mass is 16.2. The lowest BCUT2D eigenvalue weighted by Gasteiger charge is -2.22. The van der Waals surface area contributed by atoms with Crippen LogP contribution in [0.5, 0.6) is 0 Å². The van der Waals surface area contributed by atoms with Gasteiger partial charge in [-0.1, -0.05) is 26.7 Å². The van der Waals surface area contributed by atoms with Crippen LogP contribution >= 0.6 is 0 Å². The van der Waals surface area contributed by atoms with Gasteiger partial charge in [0.1, 0.15) is 0 Å². The Morgan fingerprint density at radius 2 is 1.46 bits per heavy atom. The minimum atomic E-state index is 0.355. The summed E-state index contributed by atoms with van der Waals surface area (Å²) in [7, 11) is 6.64. The minimum absolute atomic E-state index is 0.355. The van der Waals surface area contributed by atoms with Crippen molar-refractivity contribution in [2.45, 2.75) is 39.5 Å². The van der Waals surface area contributed by atoms with Crippen LogP contribution in [0.25, 0.3) is 0 Å². The fourth-order valence-electron chi connectivity index (χ4n) is 1.03. The van der Waals surface area contributed by atoms with Crippen LogP contribution in [-0.4, -0.2) is 43.9 Å². The summed E-state index contributed by atoms with van der Waals surface area (Å²) in [5, 5.41) is 8.20. The van der Waals surface area contributed by atoms with Crippen molar-refractivity contribution in [1.29, 1.82) is 0 Å². The molecule has 0 aliphatic carbocycles. The number of quaternary nitrogens is 1. The summed E-state index contributed by atoms with van der Waals surface area (Å²) < 4.78 is 1.09. The number of hydrogen-bond donors (Lipinski definition) is 1. The van der Waals surface area contributed by atoms with Gasteiger partial charge < -0.3 is 9.59 Å². The minimum Gasteiger partial charge on any atom is -0.396 e. The van der Waals surface area contributed by atoms with Crippen LogP contribution in [-0.2, 0) is 0 Å². The first-order chi connectivity index (χ1) is 5.97. The zero-order chi connectivity index (χ0) is 10.7. The third kappa shape index (κ3) is 24.5. The molecule has 0 bridgehead atoms. The maximum atomic E-state index is 8.20. The van der Waals surface area contributed by atoms with Crippen molar-refractivity contribution in [1.82, 2.24) is 0 Å². The fourth-order valence-corrected chi connectivity index (χ4v) is 1.03. The zero-order valence-corrected chi connectivity index (χ0v) is 10.1. The molecule has 0 aromatic heterocycles.